The number of nitrogens with zero attached hydrogens (tertiary/aromatic N) is 2. The summed E-state index contributed by atoms with van der Waals surface area (Å²) in [4.78, 5) is 27.0. The van der Waals surface area contributed by atoms with Crippen LogP contribution in [0.2, 0.25) is 0 Å². The highest BCUT2D eigenvalue weighted by Gasteiger charge is 2.26. The van der Waals surface area contributed by atoms with Crippen molar-refractivity contribution in [1.29, 1.82) is 0 Å². The Balaban J connectivity index is 1.85. The van der Waals surface area contributed by atoms with Crippen molar-refractivity contribution in [1.82, 2.24) is 10.2 Å². The number of halogens is 1. The van der Waals surface area contributed by atoms with Crippen LogP contribution in [0.4, 0.5) is 10.1 Å². The second-order valence-electron chi connectivity index (χ2n) is 4.98. The number of piperazine rings is 1. The molecule has 0 aromatic heterocycles. The normalized spacial score (nSPS) is 14.8. The van der Waals surface area contributed by atoms with Gasteiger partial charge < -0.3 is 19.9 Å². The number of para-hydroxylation sites is 1. The van der Waals surface area contributed by atoms with Crippen molar-refractivity contribution in [3.63, 3.8) is 0 Å². The molecule has 0 atom stereocenters. The smallest absolute Gasteiger partial charge is 0.312 e. The Kier molecular flexibility index (Phi) is 5.71. The third-order valence-electron chi connectivity index (χ3n) is 3.55. The monoisotopic (exact) mass is 309 g/mol. The Morgan fingerprint density at radius 2 is 1.91 bits per heavy atom. The van der Waals surface area contributed by atoms with Gasteiger partial charge in [-0.3, -0.25) is 9.59 Å². The molecule has 0 saturated carbocycles. The number of carbonyl (C=O) groups is 2. The van der Waals surface area contributed by atoms with Crippen LogP contribution >= 0.6 is 0 Å². The van der Waals surface area contributed by atoms with Gasteiger partial charge in [-0.05, 0) is 12.1 Å². The number of carbonyl (C=O) groups excluding carboxylic acids is 2. The van der Waals surface area contributed by atoms with Gasteiger partial charge >= 0.3 is 11.8 Å². The van der Waals surface area contributed by atoms with Gasteiger partial charge in [-0.15, -0.1) is 0 Å². The molecule has 1 heterocycles. The molecular formula is C15H20FN3O3. The average Bonchev–Trinajstić information content (AvgIpc) is 2.55. The van der Waals surface area contributed by atoms with E-state index < -0.39 is 11.8 Å². The van der Waals surface area contributed by atoms with E-state index in [4.69, 9.17) is 4.74 Å². The number of amides is 2. The summed E-state index contributed by atoms with van der Waals surface area (Å²) < 4.78 is 18.5. The number of nitrogens with one attached hydrogen (secondary N) is 1. The molecule has 6 nitrogen and oxygen atoms in total. The minimum absolute atomic E-state index is 0.278. The number of anilines is 1. The molecule has 0 unspecified atom stereocenters. The molecule has 1 aliphatic rings. The van der Waals surface area contributed by atoms with Gasteiger partial charge in [0.05, 0.1) is 12.3 Å². The summed E-state index contributed by atoms with van der Waals surface area (Å²) in [5.41, 5.74) is 0.527. The van der Waals surface area contributed by atoms with E-state index in [0.717, 1.165) is 0 Å². The summed E-state index contributed by atoms with van der Waals surface area (Å²) in [6.45, 7) is 2.45. The Hall–Kier alpha value is -2.15. The number of methoxy groups -OCH3 is 1. The molecule has 1 N–H and O–H groups in total. The largest absolute Gasteiger partial charge is 0.383 e. The van der Waals surface area contributed by atoms with E-state index >= 15 is 0 Å². The summed E-state index contributed by atoms with van der Waals surface area (Å²) in [5, 5.41) is 2.50. The summed E-state index contributed by atoms with van der Waals surface area (Å²) in [7, 11) is 1.52. The maximum atomic E-state index is 13.7. The molecule has 0 aliphatic carbocycles. The van der Waals surface area contributed by atoms with Gasteiger partial charge in [0, 0.05) is 39.8 Å². The Labute approximate surface area is 128 Å². The topological polar surface area (TPSA) is 61.9 Å². The molecule has 1 saturated heterocycles. The Morgan fingerprint density at radius 1 is 1.23 bits per heavy atom. The van der Waals surface area contributed by atoms with Crippen molar-refractivity contribution in [3.05, 3.63) is 30.1 Å². The highest BCUT2D eigenvalue weighted by atomic mass is 19.1. The number of benzene rings is 1. The van der Waals surface area contributed by atoms with Gasteiger partial charge in [-0.25, -0.2) is 4.39 Å². The van der Waals surface area contributed by atoms with Crippen LogP contribution in [-0.2, 0) is 14.3 Å². The predicted octanol–water partition coefficient (Wildman–Crippen LogP) is 0.237. The lowest BCUT2D eigenvalue weighted by molar-refractivity contribution is -0.146. The fourth-order valence-corrected chi connectivity index (χ4v) is 2.34. The maximum Gasteiger partial charge on any atom is 0.312 e. The highest BCUT2D eigenvalue weighted by Crippen LogP contribution is 2.20. The van der Waals surface area contributed by atoms with E-state index in [2.05, 4.69) is 5.32 Å². The summed E-state index contributed by atoms with van der Waals surface area (Å²) in [6.07, 6.45) is 0. The number of rotatable bonds is 4. The van der Waals surface area contributed by atoms with Crippen LogP contribution in [-0.4, -0.2) is 63.2 Å². The first-order valence-electron chi connectivity index (χ1n) is 7.19. The van der Waals surface area contributed by atoms with Crippen LogP contribution < -0.4 is 10.2 Å². The zero-order valence-electron chi connectivity index (χ0n) is 12.5. The second kappa shape index (κ2) is 7.74. The first-order valence-corrected chi connectivity index (χ1v) is 7.19. The van der Waals surface area contributed by atoms with Crippen molar-refractivity contribution in [2.75, 3.05) is 51.3 Å². The molecule has 120 valence electrons. The molecular weight excluding hydrogens is 289 g/mol. The van der Waals surface area contributed by atoms with Gasteiger partial charge in [0.25, 0.3) is 0 Å². The zero-order valence-corrected chi connectivity index (χ0v) is 12.5. The van der Waals surface area contributed by atoms with Gasteiger partial charge in [0.2, 0.25) is 0 Å². The first-order chi connectivity index (χ1) is 10.6. The van der Waals surface area contributed by atoms with E-state index in [9.17, 15) is 14.0 Å². The molecule has 2 amide bonds. The van der Waals surface area contributed by atoms with E-state index in [1.807, 2.05) is 4.90 Å². The van der Waals surface area contributed by atoms with Crippen LogP contribution in [0.1, 0.15) is 0 Å². The van der Waals surface area contributed by atoms with E-state index in [1.165, 1.54) is 18.1 Å². The molecule has 0 bridgehead atoms. The predicted molar refractivity (Wildman–Crippen MR) is 80.1 cm³/mol. The van der Waals surface area contributed by atoms with Crippen molar-refractivity contribution >= 4 is 17.5 Å². The lowest BCUT2D eigenvalue weighted by atomic mass is 10.2. The molecule has 0 radical (unpaired) electrons. The molecule has 7 heteroatoms. The van der Waals surface area contributed by atoms with Gasteiger partial charge in [0.1, 0.15) is 5.82 Å². The van der Waals surface area contributed by atoms with Crippen molar-refractivity contribution < 1.29 is 18.7 Å². The van der Waals surface area contributed by atoms with Gasteiger partial charge in [0.15, 0.2) is 0 Å². The summed E-state index contributed by atoms with van der Waals surface area (Å²) >= 11 is 0. The van der Waals surface area contributed by atoms with Crippen LogP contribution in [0.25, 0.3) is 0 Å². The van der Waals surface area contributed by atoms with E-state index in [0.29, 0.717) is 45.0 Å². The molecule has 1 aromatic carbocycles. The number of hydrogen-bond donors (Lipinski definition) is 1. The third kappa shape index (κ3) is 3.94. The van der Waals surface area contributed by atoms with Crippen molar-refractivity contribution in [2.24, 2.45) is 0 Å². The second-order valence-corrected chi connectivity index (χ2v) is 4.98. The lowest BCUT2D eigenvalue weighted by Crippen LogP contribution is -2.53. The molecule has 1 aliphatic heterocycles. The van der Waals surface area contributed by atoms with Crippen molar-refractivity contribution in [2.45, 2.75) is 0 Å². The minimum Gasteiger partial charge on any atom is -0.383 e. The summed E-state index contributed by atoms with van der Waals surface area (Å²) in [6, 6.07) is 6.54. The van der Waals surface area contributed by atoms with Crippen LogP contribution in [0, 0.1) is 5.82 Å². The SMILES string of the molecule is COCCNC(=O)C(=O)N1CCN(c2ccccc2F)CC1. The van der Waals surface area contributed by atoms with E-state index in [-0.39, 0.29) is 5.82 Å². The quantitative estimate of drug-likeness (QED) is 0.639. The van der Waals surface area contributed by atoms with E-state index in [1.54, 1.807) is 18.2 Å². The lowest BCUT2D eigenvalue weighted by Gasteiger charge is -2.35. The minimum atomic E-state index is -0.628. The summed E-state index contributed by atoms with van der Waals surface area (Å²) in [5.74, 6) is -1.46. The molecule has 2 rings (SSSR count). The molecule has 22 heavy (non-hydrogen) atoms. The molecule has 1 fully saturated rings. The fourth-order valence-electron chi connectivity index (χ4n) is 2.34. The van der Waals surface area contributed by atoms with Crippen LogP contribution in [0.15, 0.2) is 24.3 Å². The maximum absolute atomic E-state index is 13.7. The average molecular weight is 309 g/mol. The van der Waals surface area contributed by atoms with Crippen molar-refractivity contribution in [3.8, 4) is 0 Å². The number of ether oxygens (including phenoxy) is 1. The Morgan fingerprint density at radius 3 is 2.55 bits per heavy atom. The molecule has 1 aromatic rings. The third-order valence-corrected chi connectivity index (χ3v) is 3.55. The molecule has 0 spiro atoms. The fraction of sp³-hybridized carbons (Fsp3) is 0.467. The standard InChI is InChI=1S/C15H20FN3O3/c1-22-11-6-17-14(20)15(21)19-9-7-18(8-10-19)13-5-3-2-4-12(13)16/h2-5H,6-11H2,1H3,(H,17,20). The number of hydrogen-bond acceptors (Lipinski definition) is 4. The van der Waals surface area contributed by atoms with Gasteiger partial charge in [-0.2, -0.15) is 0 Å². The first kappa shape index (κ1) is 16.2. The highest BCUT2D eigenvalue weighted by molar-refractivity contribution is 6.35. The van der Waals surface area contributed by atoms with Crippen LogP contribution in [0.3, 0.4) is 0 Å². The zero-order chi connectivity index (χ0) is 15.9. The van der Waals surface area contributed by atoms with Crippen LogP contribution in [0.5, 0.6) is 0 Å². The van der Waals surface area contributed by atoms with Gasteiger partial charge in [-0.1, -0.05) is 12.1 Å². The Bertz CT molecular complexity index is 531.